The van der Waals surface area contributed by atoms with Crippen molar-refractivity contribution in [2.24, 2.45) is 5.92 Å². The van der Waals surface area contributed by atoms with E-state index in [9.17, 15) is 8.42 Å². The number of thiophene rings is 1. The van der Waals surface area contributed by atoms with Crippen LogP contribution in [0.25, 0.3) is 0 Å². The number of hydrogen-bond acceptors (Lipinski definition) is 6. The average Bonchev–Trinajstić information content (AvgIpc) is 3.23. The van der Waals surface area contributed by atoms with Gasteiger partial charge in [-0.05, 0) is 18.4 Å². The Hall–Kier alpha value is -0.800. The molecule has 2 aliphatic rings. The van der Waals surface area contributed by atoms with E-state index in [1.165, 1.54) is 4.88 Å². The zero-order valence-corrected chi connectivity index (χ0v) is 15.3. The number of sulfonamides is 1. The van der Waals surface area contributed by atoms with Crippen LogP contribution in [0.4, 0.5) is 0 Å². The molecule has 0 amide bonds. The molecule has 23 heavy (non-hydrogen) atoms. The highest BCUT2D eigenvalue weighted by molar-refractivity contribution is 7.90. The van der Waals surface area contributed by atoms with E-state index in [0.29, 0.717) is 19.6 Å². The molecule has 0 unspecified atom stereocenters. The SMILES string of the molecule is Cc1nc(CN2C[C@@H]3CN(Cc4cccs4)C[C@@H]3S2(=O)=O)cs1. The smallest absolute Gasteiger partial charge is 0.218 e. The molecule has 2 aliphatic heterocycles. The van der Waals surface area contributed by atoms with E-state index in [2.05, 4.69) is 21.3 Å². The summed E-state index contributed by atoms with van der Waals surface area (Å²) in [6.07, 6.45) is 0. The zero-order chi connectivity index (χ0) is 16.0. The molecule has 0 saturated carbocycles. The fraction of sp³-hybridized carbons (Fsp3) is 0.533. The van der Waals surface area contributed by atoms with Crippen LogP contribution in [0.3, 0.4) is 0 Å². The molecule has 0 radical (unpaired) electrons. The molecule has 4 heterocycles. The first-order chi connectivity index (χ1) is 11.0. The molecule has 8 heteroatoms. The van der Waals surface area contributed by atoms with E-state index in [1.807, 2.05) is 18.4 Å². The number of nitrogens with zero attached hydrogens (tertiary/aromatic N) is 3. The number of thiazole rings is 1. The van der Waals surface area contributed by atoms with Crippen LogP contribution in [-0.4, -0.2) is 47.5 Å². The van der Waals surface area contributed by atoms with Crippen LogP contribution in [0.5, 0.6) is 0 Å². The molecule has 0 spiro atoms. The Bertz CT molecular complexity index is 785. The Morgan fingerprint density at radius 1 is 1.26 bits per heavy atom. The van der Waals surface area contributed by atoms with Crippen LogP contribution >= 0.6 is 22.7 Å². The molecule has 2 aromatic rings. The number of rotatable bonds is 4. The summed E-state index contributed by atoms with van der Waals surface area (Å²) in [5.74, 6) is 0.222. The number of hydrogen-bond donors (Lipinski definition) is 0. The van der Waals surface area contributed by atoms with Gasteiger partial charge in [-0.3, -0.25) is 4.90 Å². The topological polar surface area (TPSA) is 53.5 Å². The predicted octanol–water partition coefficient (Wildman–Crippen LogP) is 2.16. The van der Waals surface area contributed by atoms with Gasteiger partial charge in [-0.2, -0.15) is 4.31 Å². The van der Waals surface area contributed by atoms with Crippen molar-refractivity contribution in [1.29, 1.82) is 0 Å². The monoisotopic (exact) mass is 369 g/mol. The minimum Gasteiger partial charge on any atom is -0.297 e. The minimum absolute atomic E-state index is 0.222. The maximum atomic E-state index is 12.8. The van der Waals surface area contributed by atoms with Crippen LogP contribution < -0.4 is 0 Å². The van der Waals surface area contributed by atoms with Gasteiger partial charge in [0, 0.05) is 42.4 Å². The second-order valence-corrected chi connectivity index (χ2v) is 10.5. The Morgan fingerprint density at radius 3 is 2.78 bits per heavy atom. The molecule has 2 atom stereocenters. The second-order valence-electron chi connectivity index (χ2n) is 6.27. The van der Waals surface area contributed by atoms with Gasteiger partial charge in [0.1, 0.15) is 0 Å². The highest BCUT2D eigenvalue weighted by Gasteiger charge is 2.50. The van der Waals surface area contributed by atoms with Gasteiger partial charge in [0.05, 0.1) is 22.5 Å². The van der Waals surface area contributed by atoms with Crippen molar-refractivity contribution >= 4 is 32.7 Å². The van der Waals surface area contributed by atoms with Gasteiger partial charge in [-0.25, -0.2) is 13.4 Å². The largest absolute Gasteiger partial charge is 0.297 e. The Labute approximate surface area is 144 Å². The highest BCUT2D eigenvalue weighted by atomic mass is 32.2. The fourth-order valence-electron chi connectivity index (χ4n) is 3.57. The van der Waals surface area contributed by atoms with Crippen molar-refractivity contribution in [2.75, 3.05) is 19.6 Å². The van der Waals surface area contributed by atoms with E-state index >= 15 is 0 Å². The van der Waals surface area contributed by atoms with Crippen LogP contribution in [0.15, 0.2) is 22.9 Å². The van der Waals surface area contributed by atoms with Crippen molar-refractivity contribution in [3.05, 3.63) is 38.5 Å². The van der Waals surface area contributed by atoms with Gasteiger partial charge in [-0.15, -0.1) is 22.7 Å². The first kappa shape index (κ1) is 15.7. The first-order valence-corrected chi connectivity index (χ1v) is 10.9. The maximum absolute atomic E-state index is 12.8. The summed E-state index contributed by atoms with van der Waals surface area (Å²) < 4.78 is 27.3. The third-order valence-electron chi connectivity index (χ3n) is 4.60. The summed E-state index contributed by atoms with van der Waals surface area (Å²) in [5, 5.41) is 4.77. The third kappa shape index (κ3) is 2.98. The van der Waals surface area contributed by atoms with Crippen molar-refractivity contribution in [2.45, 2.75) is 25.3 Å². The number of likely N-dealkylation sites (tertiary alicyclic amines) is 1. The Kier molecular flexibility index (Phi) is 4.05. The van der Waals surface area contributed by atoms with Gasteiger partial charge in [0.25, 0.3) is 0 Å². The predicted molar refractivity (Wildman–Crippen MR) is 93.1 cm³/mol. The number of aryl methyl sites for hydroxylation is 1. The summed E-state index contributed by atoms with van der Waals surface area (Å²) in [5.41, 5.74) is 0.867. The molecule has 4 rings (SSSR count). The zero-order valence-electron chi connectivity index (χ0n) is 12.9. The van der Waals surface area contributed by atoms with E-state index in [0.717, 1.165) is 23.8 Å². The van der Waals surface area contributed by atoms with Crippen molar-refractivity contribution in [3.8, 4) is 0 Å². The van der Waals surface area contributed by atoms with Gasteiger partial charge < -0.3 is 0 Å². The van der Waals surface area contributed by atoms with Crippen LogP contribution in [0.2, 0.25) is 0 Å². The average molecular weight is 370 g/mol. The maximum Gasteiger partial charge on any atom is 0.218 e. The molecule has 2 fully saturated rings. The molecular weight excluding hydrogens is 350 g/mol. The lowest BCUT2D eigenvalue weighted by Gasteiger charge is -2.20. The lowest BCUT2D eigenvalue weighted by Crippen LogP contribution is -2.34. The number of aromatic nitrogens is 1. The molecule has 0 N–H and O–H groups in total. The minimum atomic E-state index is -3.21. The summed E-state index contributed by atoms with van der Waals surface area (Å²) in [6.45, 7) is 5.39. The Balaban J connectivity index is 1.45. The molecule has 5 nitrogen and oxygen atoms in total. The van der Waals surface area contributed by atoms with E-state index in [1.54, 1.807) is 27.0 Å². The normalized spacial score (nSPS) is 27.5. The summed E-state index contributed by atoms with van der Waals surface area (Å²) in [4.78, 5) is 7.99. The summed E-state index contributed by atoms with van der Waals surface area (Å²) in [6, 6.07) is 4.16. The molecule has 2 aromatic heterocycles. The Morgan fingerprint density at radius 2 is 2.13 bits per heavy atom. The highest BCUT2D eigenvalue weighted by Crippen LogP contribution is 2.35. The molecule has 0 aliphatic carbocycles. The quantitative estimate of drug-likeness (QED) is 0.829. The van der Waals surface area contributed by atoms with Gasteiger partial charge in [-0.1, -0.05) is 6.07 Å². The van der Waals surface area contributed by atoms with Gasteiger partial charge in [0.15, 0.2) is 0 Å². The van der Waals surface area contributed by atoms with Crippen LogP contribution in [-0.2, 0) is 23.1 Å². The molecule has 124 valence electrons. The molecule has 0 aromatic carbocycles. The summed E-state index contributed by atoms with van der Waals surface area (Å²) >= 11 is 3.31. The van der Waals surface area contributed by atoms with Gasteiger partial charge >= 0.3 is 0 Å². The number of fused-ring (bicyclic) bond motifs is 1. The van der Waals surface area contributed by atoms with Gasteiger partial charge in [0.2, 0.25) is 10.0 Å². The van der Waals surface area contributed by atoms with E-state index in [4.69, 9.17) is 0 Å². The van der Waals surface area contributed by atoms with Crippen LogP contribution in [0, 0.1) is 12.8 Å². The molecule has 0 bridgehead atoms. The fourth-order valence-corrected chi connectivity index (χ4v) is 7.07. The van der Waals surface area contributed by atoms with E-state index < -0.39 is 10.0 Å². The van der Waals surface area contributed by atoms with Crippen LogP contribution in [0.1, 0.15) is 15.6 Å². The third-order valence-corrected chi connectivity index (χ3v) is 8.58. The molecule has 2 saturated heterocycles. The molecular formula is C15H19N3O2S3. The first-order valence-electron chi connectivity index (χ1n) is 7.67. The second kappa shape index (κ2) is 5.93. The lowest BCUT2D eigenvalue weighted by molar-refractivity contribution is 0.296. The van der Waals surface area contributed by atoms with Crippen molar-refractivity contribution < 1.29 is 8.42 Å². The lowest BCUT2D eigenvalue weighted by atomic mass is 10.1. The van der Waals surface area contributed by atoms with Crippen molar-refractivity contribution in [1.82, 2.24) is 14.2 Å². The van der Waals surface area contributed by atoms with E-state index in [-0.39, 0.29) is 11.2 Å². The standard InChI is InChI=1S/C15H19N3O2S3/c1-11-16-13(10-22-11)7-18-6-12-5-17(8-14-3-2-4-21-14)9-15(12)23(18,19)20/h2-4,10,12,15H,5-9H2,1H3/t12-,15-/m0/s1. The summed E-state index contributed by atoms with van der Waals surface area (Å²) in [7, 11) is -3.21. The van der Waals surface area contributed by atoms with Crippen molar-refractivity contribution in [3.63, 3.8) is 0 Å².